The summed E-state index contributed by atoms with van der Waals surface area (Å²) >= 11 is 0. The lowest BCUT2D eigenvalue weighted by Crippen LogP contribution is -2.32. The molecule has 1 aromatic heterocycles. The number of carbonyl (C=O) groups is 1. The molecular formula is C23H22N2O7. The van der Waals surface area contributed by atoms with E-state index in [2.05, 4.69) is 4.98 Å². The van der Waals surface area contributed by atoms with Gasteiger partial charge < -0.3 is 34.8 Å². The molecule has 1 unspecified atom stereocenters. The monoisotopic (exact) mass is 438 g/mol. The molecular weight excluding hydrogens is 416 g/mol. The van der Waals surface area contributed by atoms with Gasteiger partial charge in [-0.3, -0.25) is 4.79 Å². The highest BCUT2D eigenvalue weighted by Gasteiger charge is 2.39. The van der Waals surface area contributed by atoms with Crippen molar-refractivity contribution < 1.29 is 28.8 Å². The summed E-state index contributed by atoms with van der Waals surface area (Å²) in [4.78, 5) is 28.9. The van der Waals surface area contributed by atoms with E-state index in [9.17, 15) is 14.7 Å². The molecule has 0 saturated carbocycles. The number of nitrogens with one attached hydrogen (secondary N) is 1. The first-order valence-corrected chi connectivity index (χ1v) is 9.85. The van der Waals surface area contributed by atoms with Gasteiger partial charge in [0.05, 0.1) is 37.8 Å². The zero-order valence-corrected chi connectivity index (χ0v) is 17.7. The molecule has 0 amide bonds. The number of hydrogen-bond donors (Lipinski definition) is 3. The molecule has 4 rings (SSSR count). The van der Waals surface area contributed by atoms with Gasteiger partial charge in [-0.2, -0.15) is 0 Å². The van der Waals surface area contributed by atoms with E-state index in [4.69, 9.17) is 24.7 Å². The Morgan fingerprint density at radius 3 is 2.47 bits per heavy atom. The minimum atomic E-state index is -0.963. The molecule has 1 atom stereocenters. The molecule has 2 aromatic carbocycles. The summed E-state index contributed by atoms with van der Waals surface area (Å²) in [5, 5.41) is 11.0. The van der Waals surface area contributed by atoms with Crippen molar-refractivity contribution in [3.63, 3.8) is 0 Å². The number of hydrogen-bond acceptors (Lipinski definition) is 8. The zero-order chi connectivity index (χ0) is 23.0. The molecule has 1 aliphatic rings. The fraction of sp³-hybridized carbons (Fsp3) is 0.217. The average molecular weight is 438 g/mol. The predicted octanol–water partition coefficient (Wildman–Crippen LogP) is 2.51. The molecule has 0 fully saturated rings. The molecule has 0 radical (unpaired) electrons. The van der Waals surface area contributed by atoms with Crippen LogP contribution in [0.3, 0.4) is 0 Å². The number of benzene rings is 2. The van der Waals surface area contributed by atoms with Crippen molar-refractivity contribution in [2.24, 2.45) is 5.73 Å². The first kappa shape index (κ1) is 21.1. The Labute approximate surface area is 183 Å². The minimum absolute atomic E-state index is 0.0325. The van der Waals surface area contributed by atoms with Crippen LogP contribution in [-0.2, 0) is 9.53 Å². The van der Waals surface area contributed by atoms with Gasteiger partial charge in [0.15, 0.2) is 11.5 Å². The number of esters is 1. The highest BCUT2D eigenvalue weighted by molar-refractivity contribution is 5.95. The number of aromatic amines is 1. The molecule has 0 saturated heterocycles. The van der Waals surface area contributed by atoms with E-state index in [-0.39, 0.29) is 46.6 Å². The van der Waals surface area contributed by atoms with Gasteiger partial charge in [0, 0.05) is 5.39 Å². The highest BCUT2D eigenvalue weighted by atomic mass is 16.5. The first-order valence-electron chi connectivity index (χ1n) is 9.85. The smallest absolute Gasteiger partial charge is 0.340 e. The summed E-state index contributed by atoms with van der Waals surface area (Å²) in [6.07, 6.45) is 0. The number of para-hydroxylation sites is 1. The maximum Gasteiger partial charge on any atom is 0.340 e. The molecule has 0 bridgehead atoms. The second kappa shape index (κ2) is 8.18. The SMILES string of the molecule is CCOC(=O)C1=C(N)Oc2c(c(=O)[nH]c3ccccc23)C1c1cc(OC)c(O)c(OC)c1. The average Bonchev–Trinajstić information content (AvgIpc) is 2.78. The van der Waals surface area contributed by atoms with Gasteiger partial charge in [0.2, 0.25) is 11.6 Å². The minimum Gasteiger partial charge on any atom is -0.502 e. The van der Waals surface area contributed by atoms with Crippen LogP contribution in [0.5, 0.6) is 23.0 Å². The molecule has 2 heterocycles. The second-order valence-corrected chi connectivity index (χ2v) is 7.05. The second-order valence-electron chi connectivity index (χ2n) is 7.05. The molecule has 4 N–H and O–H groups in total. The molecule has 3 aromatic rings. The maximum absolute atomic E-state index is 13.2. The Kier molecular flexibility index (Phi) is 5.40. The van der Waals surface area contributed by atoms with Crippen molar-refractivity contribution in [1.29, 1.82) is 0 Å². The first-order chi connectivity index (χ1) is 15.4. The number of rotatable bonds is 5. The summed E-state index contributed by atoms with van der Waals surface area (Å²) in [6.45, 7) is 1.76. The van der Waals surface area contributed by atoms with Crippen molar-refractivity contribution >= 4 is 16.9 Å². The number of phenols is 1. The summed E-state index contributed by atoms with van der Waals surface area (Å²) in [6, 6.07) is 10.1. The Hall–Kier alpha value is -4.14. The number of aromatic hydroxyl groups is 1. The van der Waals surface area contributed by atoms with E-state index in [1.807, 2.05) is 0 Å². The summed E-state index contributed by atoms with van der Waals surface area (Å²) in [5.41, 5.74) is 6.87. The third-order valence-electron chi connectivity index (χ3n) is 5.29. The van der Waals surface area contributed by atoms with E-state index in [1.165, 1.54) is 26.4 Å². The quantitative estimate of drug-likeness (QED) is 0.518. The van der Waals surface area contributed by atoms with E-state index >= 15 is 0 Å². The van der Waals surface area contributed by atoms with Crippen LogP contribution < -0.4 is 25.5 Å². The van der Waals surface area contributed by atoms with Gasteiger partial charge >= 0.3 is 5.97 Å². The van der Waals surface area contributed by atoms with Crippen molar-refractivity contribution in [3.05, 3.63) is 69.3 Å². The van der Waals surface area contributed by atoms with Crippen LogP contribution in [-0.4, -0.2) is 36.9 Å². The third-order valence-corrected chi connectivity index (χ3v) is 5.29. The zero-order valence-electron chi connectivity index (χ0n) is 17.7. The number of nitrogens with two attached hydrogens (primary N) is 1. The number of ether oxygens (including phenoxy) is 4. The van der Waals surface area contributed by atoms with Crippen molar-refractivity contribution in [2.45, 2.75) is 12.8 Å². The lowest BCUT2D eigenvalue weighted by Gasteiger charge is -2.29. The summed E-state index contributed by atoms with van der Waals surface area (Å²) in [5.74, 6) is -1.63. The number of H-pyrrole nitrogens is 1. The Morgan fingerprint density at radius 1 is 1.19 bits per heavy atom. The van der Waals surface area contributed by atoms with Crippen molar-refractivity contribution in [1.82, 2.24) is 4.98 Å². The number of fused-ring (bicyclic) bond motifs is 3. The van der Waals surface area contributed by atoms with Gasteiger partial charge in [-0.1, -0.05) is 12.1 Å². The largest absolute Gasteiger partial charge is 0.502 e. The standard InChI is InChI=1S/C23H22N2O7/c1-4-31-23(28)18-16(11-9-14(29-2)19(26)15(10-11)30-3)17-20(32-21(18)24)12-7-5-6-8-13(12)25-22(17)27/h5-10,16,26H,4,24H2,1-3H3,(H,25,27). The van der Waals surface area contributed by atoms with Crippen LogP contribution in [0.1, 0.15) is 24.0 Å². The maximum atomic E-state index is 13.2. The molecule has 0 aliphatic carbocycles. The van der Waals surface area contributed by atoms with Gasteiger partial charge in [0.25, 0.3) is 5.56 Å². The molecule has 166 valence electrons. The summed E-state index contributed by atoms with van der Waals surface area (Å²) in [7, 11) is 2.76. The third kappa shape index (κ3) is 3.27. The van der Waals surface area contributed by atoms with E-state index in [0.717, 1.165) is 0 Å². The van der Waals surface area contributed by atoms with Gasteiger partial charge in [-0.25, -0.2) is 4.79 Å². The molecule has 1 aliphatic heterocycles. The van der Waals surface area contributed by atoms with Crippen LogP contribution in [0.25, 0.3) is 10.9 Å². The van der Waals surface area contributed by atoms with Crippen LogP contribution in [0.4, 0.5) is 0 Å². The van der Waals surface area contributed by atoms with Crippen LogP contribution in [0, 0.1) is 0 Å². The highest BCUT2D eigenvalue weighted by Crippen LogP contribution is 2.47. The number of phenolic OH excluding ortho intramolecular Hbond substituents is 1. The van der Waals surface area contributed by atoms with Crippen LogP contribution in [0.2, 0.25) is 0 Å². The Bertz CT molecular complexity index is 1280. The Balaban J connectivity index is 2.08. The number of methoxy groups -OCH3 is 2. The number of aromatic nitrogens is 1. The van der Waals surface area contributed by atoms with Crippen molar-refractivity contribution in [2.75, 3.05) is 20.8 Å². The van der Waals surface area contributed by atoms with Gasteiger partial charge in [0.1, 0.15) is 11.3 Å². The lowest BCUT2D eigenvalue weighted by molar-refractivity contribution is -0.139. The fourth-order valence-electron chi connectivity index (χ4n) is 3.89. The van der Waals surface area contributed by atoms with Gasteiger partial charge in [-0.15, -0.1) is 0 Å². The molecule has 9 heteroatoms. The fourth-order valence-corrected chi connectivity index (χ4v) is 3.89. The number of pyridine rings is 1. The topological polar surface area (TPSA) is 133 Å². The lowest BCUT2D eigenvalue weighted by atomic mass is 9.82. The van der Waals surface area contributed by atoms with E-state index in [0.29, 0.717) is 16.5 Å². The van der Waals surface area contributed by atoms with E-state index < -0.39 is 17.4 Å². The molecule has 9 nitrogen and oxygen atoms in total. The predicted molar refractivity (Wildman–Crippen MR) is 116 cm³/mol. The van der Waals surface area contributed by atoms with Crippen LogP contribution in [0.15, 0.2) is 52.6 Å². The van der Waals surface area contributed by atoms with E-state index in [1.54, 1.807) is 31.2 Å². The molecule has 0 spiro atoms. The summed E-state index contributed by atoms with van der Waals surface area (Å²) < 4.78 is 21.6. The Morgan fingerprint density at radius 2 is 1.84 bits per heavy atom. The van der Waals surface area contributed by atoms with Gasteiger partial charge in [-0.05, 0) is 36.8 Å². The molecule has 32 heavy (non-hydrogen) atoms. The normalized spacial score (nSPS) is 15.2. The number of carbonyl (C=O) groups excluding carboxylic acids is 1. The van der Waals surface area contributed by atoms with Crippen molar-refractivity contribution in [3.8, 4) is 23.0 Å². The van der Waals surface area contributed by atoms with Crippen LogP contribution >= 0.6 is 0 Å².